The van der Waals surface area contributed by atoms with Crippen LogP contribution in [0.1, 0.15) is 23.0 Å². The number of Topliss-reactive ketones (excluding diaryl/α,β-unsaturated/α-hetero) is 1. The maximum Gasteiger partial charge on any atom is 0.252 e. The van der Waals surface area contributed by atoms with E-state index in [4.69, 9.17) is 0 Å². The molecule has 0 aliphatic carbocycles. The van der Waals surface area contributed by atoms with Crippen LogP contribution in [-0.4, -0.2) is 18.6 Å². The Labute approximate surface area is 161 Å². The quantitative estimate of drug-likeness (QED) is 0.414. The van der Waals surface area contributed by atoms with E-state index in [-0.39, 0.29) is 8.95 Å². The maximum atomic E-state index is 14.0. The van der Waals surface area contributed by atoms with E-state index in [1.54, 1.807) is 0 Å². The molecule has 2 aromatic rings. The number of halogens is 8. The number of rotatable bonds is 6. The third kappa shape index (κ3) is 4.49. The van der Waals surface area contributed by atoms with Crippen molar-refractivity contribution in [2.24, 2.45) is 0 Å². The molecule has 0 saturated carbocycles. The highest BCUT2D eigenvalue weighted by Gasteiger charge is 2.42. The lowest BCUT2D eigenvalue weighted by Crippen LogP contribution is -2.31. The van der Waals surface area contributed by atoms with Crippen molar-refractivity contribution in [3.05, 3.63) is 68.1 Å². The summed E-state index contributed by atoms with van der Waals surface area (Å²) in [5, 5.41) is 0. The van der Waals surface area contributed by atoms with Crippen molar-refractivity contribution in [2.75, 3.05) is 0 Å². The number of hydrogen-bond acceptors (Lipinski definition) is 1. The minimum atomic E-state index is -3.46. The second kappa shape index (κ2) is 8.56. The fraction of sp³-hybridized carbons (Fsp3) is 0.235. The van der Waals surface area contributed by atoms with Crippen molar-refractivity contribution < 1.29 is 31.1 Å². The average Bonchev–Trinajstić information content (AvgIpc) is 2.54. The Morgan fingerprint density at radius 1 is 0.731 bits per heavy atom. The highest BCUT2D eigenvalue weighted by molar-refractivity contribution is 9.10. The molecule has 1 nitrogen and oxygen atoms in total. The standard InChI is InChI=1S/C17H10Br2F6O/c18-7-1-3-11(20)9(5-7)13(16(22)23)15(26)14(17(24)25)10-6-8(19)2-4-12(10)21/h1-6,13-14,16-17H. The summed E-state index contributed by atoms with van der Waals surface area (Å²) in [6.07, 6.45) is -6.91. The van der Waals surface area contributed by atoms with Gasteiger partial charge in [-0.15, -0.1) is 0 Å². The van der Waals surface area contributed by atoms with Gasteiger partial charge < -0.3 is 0 Å². The predicted octanol–water partition coefficient (Wildman–Crippen LogP) is 6.46. The van der Waals surface area contributed by atoms with E-state index in [0.29, 0.717) is 0 Å². The topological polar surface area (TPSA) is 17.1 Å². The largest absolute Gasteiger partial charge is 0.298 e. The Balaban J connectivity index is 2.58. The number of ketones is 1. The molecule has 2 atom stereocenters. The van der Waals surface area contributed by atoms with Gasteiger partial charge in [0.2, 0.25) is 0 Å². The molecule has 26 heavy (non-hydrogen) atoms. The minimum Gasteiger partial charge on any atom is -0.298 e. The number of hydrogen-bond donors (Lipinski definition) is 0. The van der Waals surface area contributed by atoms with Gasteiger partial charge in [-0.2, -0.15) is 0 Å². The molecule has 0 N–H and O–H groups in total. The van der Waals surface area contributed by atoms with Gasteiger partial charge in [0, 0.05) is 20.1 Å². The summed E-state index contributed by atoms with van der Waals surface area (Å²) in [7, 11) is 0. The smallest absolute Gasteiger partial charge is 0.252 e. The normalized spacial score (nSPS) is 13.9. The zero-order chi connectivity index (χ0) is 19.6. The van der Waals surface area contributed by atoms with Crippen LogP contribution in [0.2, 0.25) is 0 Å². The van der Waals surface area contributed by atoms with Crippen molar-refractivity contribution in [3.8, 4) is 0 Å². The Bertz CT molecular complexity index is 746. The predicted molar refractivity (Wildman–Crippen MR) is 90.7 cm³/mol. The Morgan fingerprint density at radius 2 is 1.08 bits per heavy atom. The highest BCUT2D eigenvalue weighted by Crippen LogP contribution is 2.38. The van der Waals surface area contributed by atoms with E-state index in [9.17, 15) is 31.1 Å². The van der Waals surface area contributed by atoms with Crippen LogP contribution in [0.15, 0.2) is 45.3 Å². The molecule has 9 heteroatoms. The molecule has 0 aliphatic heterocycles. The first-order valence-electron chi connectivity index (χ1n) is 7.13. The minimum absolute atomic E-state index is 0.189. The summed E-state index contributed by atoms with van der Waals surface area (Å²) in [5.41, 5.74) is -1.47. The molecule has 0 aromatic heterocycles. The fourth-order valence-corrected chi connectivity index (χ4v) is 3.28. The molecule has 2 aromatic carbocycles. The monoisotopic (exact) mass is 502 g/mol. The lowest BCUT2D eigenvalue weighted by atomic mass is 9.83. The lowest BCUT2D eigenvalue weighted by molar-refractivity contribution is -0.128. The number of alkyl halides is 4. The van der Waals surface area contributed by atoms with Gasteiger partial charge in [-0.25, -0.2) is 26.3 Å². The van der Waals surface area contributed by atoms with Crippen LogP contribution < -0.4 is 0 Å². The maximum absolute atomic E-state index is 14.0. The van der Waals surface area contributed by atoms with Crippen LogP contribution in [0.3, 0.4) is 0 Å². The third-order valence-electron chi connectivity index (χ3n) is 3.70. The molecular weight excluding hydrogens is 494 g/mol. The van der Waals surface area contributed by atoms with Crippen LogP contribution in [0, 0.1) is 11.6 Å². The van der Waals surface area contributed by atoms with Crippen LogP contribution in [0.5, 0.6) is 0 Å². The molecule has 2 rings (SSSR count). The van der Waals surface area contributed by atoms with Crippen molar-refractivity contribution in [1.82, 2.24) is 0 Å². The summed E-state index contributed by atoms with van der Waals surface area (Å²) < 4.78 is 82.4. The summed E-state index contributed by atoms with van der Waals surface area (Å²) in [4.78, 5) is 12.5. The van der Waals surface area contributed by atoms with Crippen LogP contribution in [-0.2, 0) is 4.79 Å². The van der Waals surface area contributed by atoms with Gasteiger partial charge in [0.25, 0.3) is 12.9 Å². The van der Waals surface area contributed by atoms with Crippen molar-refractivity contribution >= 4 is 37.6 Å². The van der Waals surface area contributed by atoms with Gasteiger partial charge >= 0.3 is 0 Å². The van der Waals surface area contributed by atoms with E-state index in [0.717, 1.165) is 24.3 Å². The molecule has 0 spiro atoms. The van der Waals surface area contributed by atoms with Crippen molar-refractivity contribution in [1.29, 1.82) is 0 Å². The first-order chi connectivity index (χ1) is 12.1. The molecule has 0 fully saturated rings. The summed E-state index contributed by atoms with van der Waals surface area (Å²) >= 11 is 5.92. The Kier molecular flexibility index (Phi) is 6.90. The molecule has 0 heterocycles. The van der Waals surface area contributed by atoms with Gasteiger partial charge in [0.15, 0.2) is 5.78 Å². The molecule has 0 amide bonds. The Hall–Kier alpha value is -1.35. The SMILES string of the molecule is O=C(C(c1cc(Br)ccc1F)C(F)F)C(c1cc(Br)ccc1F)C(F)F. The second-order valence-corrected chi connectivity index (χ2v) is 7.19. The van der Waals surface area contributed by atoms with Gasteiger partial charge in [-0.1, -0.05) is 31.9 Å². The highest BCUT2D eigenvalue weighted by atomic mass is 79.9. The van der Waals surface area contributed by atoms with E-state index >= 15 is 0 Å². The lowest BCUT2D eigenvalue weighted by Gasteiger charge is -2.23. The number of carbonyl (C=O) groups excluding carboxylic acids is 1. The molecule has 140 valence electrons. The first kappa shape index (κ1) is 21.0. The zero-order valence-electron chi connectivity index (χ0n) is 12.7. The summed E-state index contributed by atoms with van der Waals surface area (Å²) in [6, 6.07) is 5.93. The van der Waals surface area contributed by atoms with E-state index in [1.165, 1.54) is 12.1 Å². The number of carbonyl (C=O) groups is 1. The summed E-state index contributed by atoms with van der Waals surface area (Å²) in [5.74, 6) is -8.89. The Morgan fingerprint density at radius 3 is 1.38 bits per heavy atom. The second-order valence-electron chi connectivity index (χ2n) is 5.36. The third-order valence-corrected chi connectivity index (χ3v) is 4.69. The van der Waals surface area contributed by atoms with Crippen LogP contribution in [0.25, 0.3) is 0 Å². The van der Waals surface area contributed by atoms with Gasteiger partial charge in [-0.3, -0.25) is 4.79 Å². The molecule has 0 aliphatic rings. The van der Waals surface area contributed by atoms with Crippen LogP contribution in [0.4, 0.5) is 26.3 Å². The molecule has 2 unspecified atom stereocenters. The molecule has 0 saturated heterocycles. The summed E-state index contributed by atoms with van der Waals surface area (Å²) in [6.45, 7) is 0. The van der Waals surface area contributed by atoms with E-state index < -0.39 is 53.2 Å². The molecule has 0 bridgehead atoms. The van der Waals surface area contributed by atoms with Crippen LogP contribution >= 0.6 is 31.9 Å². The van der Waals surface area contributed by atoms with E-state index in [1.807, 2.05) is 0 Å². The molecular formula is C17H10Br2F6O. The first-order valence-corrected chi connectivity index (χ1v) is 8.72. The number of benzene rings is 2. The van der Waals surface area contributed by atoms with Crippen molar-refractivity contribution in [2.45, 2.75) is 24.7 Å². The zero-order valence-corrected chi connectivity index (χ0v) is 15.9. The molecule has 0 radical (unpaired) electrons. The van der Waals surface area contributed by atoms with Gasteiger partial charge in [0.1, 0.15) is 23.5 Å². The van der Waals surface area contributed by atoms with E-state index in [2.05, 4.69) is 31.9 Å². The van der Waals surface area contributed by atoms with Crippen molar-refractivity contribution in [3.63, 3.8) is 0 Å². The average molecular weight is 504 g/mol. The van der Waals surface area contributed by atoms with Gasteiger partial charge in [0.05, 0.1) is 0 Å². The van der Waals surface area contributed by atoms with Gasteiger partial charge in [-0.05, 0) is 36.4 Å². The fourth-order valence-electron chi connectivity index (χ4n) is 2.53.